The van der Waals surface area contributed by atoms with Crippen LogP contribution in [0.25, 0.3) is 10.6 Å². The van der Waals surface area contributed by atoms with Gasteiger partial charge < -0.3 is 10.6 Å². The first-order chi connectivity index (χ1) is 5.54. The van der Waals surface area contributed by atoms with Gasteiger partial charge in [0.05, 0.1) is 0 Å². The predicted octanol–water partition coefficient (Wildman–Crippen LogP) is 3.71. The molecule has 12 heavy (non-hydrogen) atoms. The van der Waals surface area contributed by atoms with Gasteiger partial charge >= 0.3 is 40.5 Å². The standard InChI is InChI=1S/C7H16N2.2BrH.Zn/c1-7(2,5-8-3)6-9-4;;;/h5-6H2,1-4H3;2*1H;/q-2;;;+2/p-2. The minimum absolute atomic E-state index is 0.250. The number of hydrogen-bond donors (Lipinski definition) is 0. The summed E-state index contributed by atoms with van der Waals surface area (Å²) in [6, 6.07) is 0. The van der Waals surface area contributed by atoms with Crippen molar-refractivity contribution in [1.29, 1.82) is 0 Å². The molecular weight excluding hydrogens is 337 g/mol. The Labute approximate surface area is 96.9 Å². The van der Waals surface area contributed by atoms with Crippen LogP contribution in [-0.2, 0) is 13.2 Å². The van der Waals surface area contributed by atoms with E-state index in [1.165, 1.54) is 0 Å². The molecule has 0 fully saturated rings. The molecule has 0 N–H and O–H groups in total. The summed E-state index contributed by atoms with van der Waals surface area (Å²) in [6.07, 6.45) is 0. The van der Waals surface area contributed by atoms with Crippen LogP contribution in [0.5, 0.6) is 0 Å². The van der Waals surface area contributed by atoms with Crippen LogP contribution in [0.4, 0.5) is 0 Å². The molecule has 0 aromatic rings. The van der Waals surface area contributed by atoms with Crippen molar-refractivity contribution in [1.82, 2.24) is 0 Å². The van der Waals surface area contributed by atoms with E-state index in [0.29, 0.717) is 0 Å². The first kappa shape index (κ1) is 16.0. The SMILES string of the molecule is C[N-]CC(C)(C)C[N-]C.[Br][Zn][Br]. The van der Waals surface area contributed by atoms with Gasteiger partial charge in [-0.25, -0.2) is 0 Å². The summed E-state index contributed by atoms with van der Waals surface area (Å²) in [5.41, 5.74) is 0.267. The molecule has 5 heteroatoms. The van der Waals surface area contributed by atoms with Crippen molar-refractivity contribution in [2.45, 2.75) is 13.8 Å². The van der Waals surface area contributed by atoms with E-state index >= 15 is 0 Å². The average molecular weight is 353 g/mol. The quantitative estimate of drug-likeness (QED) is 0.690. The number of hydrogen-bond acceptors (Lipinski definition) is 0. The maximum atomic E-state index is 4.07. The fourth-order valence-corrected chi connectivity index (χ4v) is 0.906. The molecule has 0 aliphatic rings. The Hall–Kier alpha value is 1.50. The Bertz CT molecular complexity index is 83.5. The maximum absolute atomic E-state index is 4.07. The number of rotatable bonds is 4. The molecule has 0 bridgehead atoms. The van der Waals surface area contributed by atoms with E-state index in [1.807, 2.05) is 14.1 Å². The zero-order valence-corrected chi connectivity index (χ0v) is 14.4. The van der Waals surface area contributed by atoms with Crippen LogP contribution < -0.4 is 0 Å². The van der Waals surface area contributed by atoms with Crippen LogP contribution in [0.2, 0.25) is 0 Å². The van der Waals surface area contributed by atoms with Crippen LogP contribution in [0, 0.1) is 5.41 Å². The Morgan fingerprint density at radius 2 is 1.33 bits per heavy atom. The predicted molar refractivity (Wildman–Crippen MR) is 59.9 cm³/mol. The first-order valence-electron chi connectivity index (χ1n) is 3.77. The second kappa shape index (κ2) is 10.6. The molecule has 0 unspecified atom stereocenters. The molecule has 0 rings (SSSR count). The molecule has 0 spiro atoms. The van der Waals surface area contributed by atoms with Crippen LogP contribution in [-0.4, -0.2) is 27.2 Å². The zero-order chi connectivity index (χ0) is 10.0. The molecule has 0 amide bonds. The molecule has 0 radical (unpaired) electrons. The van der Waals surface area contributed by atoms with Crippen LogP contribution in [0.1, 0.15) is 13.8 Å². The molecule has 0 aromatic carbocycles. The molecule has 0 aliphatic heterocycles. The summed E-state index contributed by atoms with van der Waals surface area (Å²) in [7, 11) is 3.69. The van der Waals surface area contributed by atoms with E-state index in [1.54, 1.807) is 0 Å². The fourth-order valence-electron chi connectivity index (χ4n) is 0.906. The Balaban J connectivity index is 0. The van der Waals surface area contributed by atoms with E-state index in [4.69, 9.17) is 0 Å². The van der Waals surface area contributed by atoms with Crippen molar-refractivity contribution in [2.75, 3.05) is 27.2 Å². The van der Waals surface area contributed by atoms with Crippen LogP contribution >= 0.6 is 27.2 Å². The summed E-state index contributed by atoms with van der Waals surface area (Å²) in [5.74, 6) is 0. The molecule has 72 valence electrons. The summed E-state index contributed by atoms with van der Waals surface area (Å²) in [6.45, 7) is 6.16. The Kier molecular flexibility index (Phi) is 14.1. The molecule has 2 nitrogen and oxygen atoms in total. The van der Waals surface area contributed by atoms with Gasteiger partial charge in [-0.1, -0.05) is 19.3 Å². The molecular formula is C7H16Br2N2Zn-2. The molecule has 0 saturated carbocycles. The summed E-state index contributed by atoms with van der Waals surface area (Å²) in [4.78, 5) is 0. The first-order valence-corrected chi connectivity index (χ1v) is 17.7. The average Bonchev–Trinajstić information content (AvgIpc) is 1.88. The van der Waals surface area contributed by atoms with Crippen molar-refractivity contribution >= 4 is 27.2 Å². The third-order valence-electron chi connectivity index (χ3n) is 1.17. The van der Waals surface area contributed by atoms with E-state index in [2.05, 4.69) is 51.7 Å². The van der Waals surface area contributed by atoms with Gasteiger partial charge in [0.1, 0.15) is 0 Å². The topological polar surface area (TPSA) is 28.2 Å². The van der Waals surface area contributed by atoms with Crippen molar-refractivity contribution in [3.05, 3.63) is 10.6 Å². The van der Waals surface area contributed by atoms with Gasteiger partial charge in [-0.3, -0.25) is 0 Å². The van der Waals surface area contributed by atoms with Crippen molar-refractivity contribution < 1.29 is 13.2 Å². The molecule has 0 atom stereocenters. The van der Waals surface area contributed by atoms with Gasteiger partial charge in [-0.05, 0) is 0 Å². The van der Waals surface area contributed by atoms with Gasteiger partial charge in [0.25, 0.3) is 0 Å². The van der Waals surface area contributed by atoms with E-state index < -0.39 is 0 Å². The number of halogens is 2. The van der Waals surface area contributed by atoms with Gasteiger partial charge in [0.15, 0.2) is 0 Å². The molecule has 0 saturated heterocycles. The van der Waals surface area contributed by atoms with Gasteiger partial charge in [-0.15, -0.1) is 13.1 Å². The summed E-state index contributed by atoms with van der Waals surface area (Å²) < 4.78 is 0. The van der Waals surface area contributed by atoms with Crippen molar-refractivity contribution in [3.8, 4) is 0 Å². The fraction of sp³-hybridized carbons (Fsp3) is 1.00. The second-order valence-electron chi connectivity index (χ2n) is 3.21. The molecule has 0 aliphatic carbocycles. The molecule has 0 heterocycles. The Morgan fingerprint density at radius 1 is 1.08 bits per heavy atom. The summed E-state index contributed by atoms with van der Waals surface area (Å²) in [5, 5.41) is 8.13. The third kappa shape index (κ3) is 14.1. The Morgan fingerprint density at radius 3 is 1.50 bits per heavy atom. The van der Waals surface area contributed by atoms with E-state index in [9.17, 15) is 0 Å². The normalized spacial score (nSPS) is 9.83. The van der Waals surface area contributed by atoms with Crippen LogP contribution in [0.3, 0.4) is 0 Å². The zero-order valence-electron chi connectivity index (χ0n) is 8.27. The molecule has 0 aromatic heterocycles. The van der Waals surface area contributed by atoms with Gasteiger partial charge in [-0.2, -0.15) is 14.1 Å². The van der Waals surface area contributed by atoms with E-state index in [-0.39, 0.29) is 18.6 Å². The third-order valence-corrected chi connectivity index (χ3v) is 1.17. The van der Waals surface area contributed by atoms with Gasteiger partial charge in [0, 0.05) is 0 Å². The van der Waals surface area contributed by atoms with Crippen molar-refractivity contribution in [3.63, 3.8) is 0 Å². The summed E-state index contributed by atoms with van der Waals surface area (Å²) >= 11 is 6.25. The monoisotopic (exact) mass is 350 g/mol. The second-order valence-corrected chi connectivity index (χ2v) is 17.3. The van der Waals surface area contributed by atoms with Crippen molar-refractivity contribution in [2.24, 2.45) is 5.41 Å². The van der Waals surface area contributed by atoms with Gasteiger partial charge in [0.2, 0.25) is 0 Å². The van der Waals surface area contributed by atoms with Crippen LogP contribution in [0.15, 0.2) is 0 Å². The minimum atomic E-state index is -0.250. The number of nitrogens with zero attached hydrogens (tertiary/aromatic N) is 2. The van der Waals surface area contributed by atoms with E-state index in [0.717, 1.165) is 13.1 Å².